The Labute approximate surface area is 193 Å². The van der Waals surface area contributed by atoms with Gasteiger partial charge in [-0.3, -0.25) is 9.59 Å². The van der Waals surface area contributed by atoms with Crippen molar-refractivity contribution in [3.8, 4) is 11.5 Å². The number of nitrogens with zero attached hydrogens (tertiary/aromatic N) is 1. The second kappa shape index (κ2) is 11.2. The summed E-state index contributed by atoms with van der Waals surface area (Å²) in [5.41, 5.74) is 2.16. The fourth-order valence-electron chi connectivity index (χ4n) is 3.09. The van der Waals surface area contributed by atoms with Gasteiger partial charge in [0.2, 0.25) is 10.0 Å². The average Bonchev–Trinajstić information content (AvgIpc) is 3.06. The molecule has 10 heteroatoms. The Morgan fingerprint density at radius 2 is 1.70 bits per heavy atom. The lowest BCUT2D eigenvalue weighted by Gasteiger charge is -2.17. The van der Waals surface area contributed by atoms with Crippen LogP contribution in [0.5, 0.6) is 11.5 Å². The van der Waals surface area contributed by atoms with Crippen molar-refractivity contribution in [3.63, 3.8) is 0 Å². The summed E-state index contributed by atoms with van der Waals surface area (Å²) in [6, 6.07) is 12.1. The van der Waals surface area contributed by atoms with Gasteiger partial charge in [-0.05, 0) is 29.7 Å². The molecule has 0 saturated carbocycles. The highest BCUT2D eigenvalue weighted by Crippen LogP contribution is 2.31. The number of esters is 1. The Hall–Kier alpha value is -3.11. The molecule has 0 fully saturated rings. The first-order chi connectivity index (χ1) is 15.8. The molecular weight excluding hydrogens is 448 g/mol. The maximum absolute atomic E-state index is 12.5. The van der Waals surface area contributed by atoms with E-state index in [1.165, 1.54) is 28.7 Å². The third-order valence-corrected chi connectivity index (χ3v) is 6.47. The maximum Gasteiger partial charge on any atom is 0.321 e. The monoisotopic (exact) mass is 476 g/mol. The molecule has 1 heterocycles. The highest BCUT2D eigenvalue weighted by molar-refractivity contribution is 7.89. The lowest BCUT2D eigenvalue weighted by atomic mass is 10.1. The van der Waals surface area contributed by atoms with E-state index in [0.29, 0.717) is 37.7 Å². The standard InChI is InChI=1S/C23H28N2O7S/c1-3-17-5-7-18(8-6-17)15-25(2)22(26)16-32-23(27)14-24-33(28,29)19-9-10-20-21(13-19)31-12-4-11-30-20/h5-10,13,24H,3-4,11-12,14-16H2,1-2H3. The molecule has 3 rings (SSSR count). The second-order valence-electron chi connectivity index (χ2n) is 7.56. The van der Waals surface area contributed by atoms with Crippen LogP contribution in [0.25, 0.3) is 0 Å². The van der Waals surface area contributed by atoms with E-state index in [1.54, 1.807) is 7.05 Å². The predicted octanol–water partition coefficient (Wildman–Crippen LogP) is 1.89. The number of carbonyl (C=O) groups is 2. The molecule has 2 aromatic carbocycles. The van der Waals surface area contributed by atoms with Crippen LogP contribution in [0.15, 0.2) is 47.4 Å². The van der Waals surface area contributed by atoms with Crippen LogP contribution in [0.2, 0.25) is 0 Å². The molecule has 1 aliphatic heterocycles. The van der Waals surface area contributed by atoms with Crippen LogP contribution in [0.1, 0.15) is 24.5 Å². The van der Waals surface area contributed by atoms with Crippen LogP contribution in [0.3, 0.4) is 0 Å². The van der Waals surface area contributed by atoms with Gasteiger partial charge < -0.3 is 19.1 Å². The molecule has 9 nitrogen and oxygen atoms in total. The quantitative estimate of drug-likeness (QED) is 0.550. The van der Waals surface area contributed by atoms with Gasteiger partial charge in [-0.25, -0.2) is 8.42 Å². The number of hydrogen-bond acceptors (Lipinski definition) is 7. The van der Waals surface area contributed by atoms with Gasteiger partial charge in [0.05, 0.1) is 18.1 Å². The van der Waals surface area contributed by atoms with Gasteiger partial charge in [-0.1, -0.05) is 31.2 Å². The fraction of sp³-hybridized carbons (Fsp3) is 0.391. The Kier molecular flexibility index (Phi) is 8.29. The van der Waals surface area contributed by atoms with Crippen LogP contribution >= 0.6 is 0 Å². The van der Waals surface area contributed by atoms with E-state index in [4.69, 9.17) is 14.2 Å². The van der Waals surface area contributed by atoms with E-state index in [2.05, 4.69) is 11.6 Å². The van der Waals surface area contributed by atoms with Gasteiger partial charge >= 0.3 is 5.97 Å². The first-order valence-corrected chi connectivity index (χ1v) is 12.1. The van der Waals surface area contributed by atoms with Crippen molar-refractivity contribution in [3.05, 3.63) is 53.6 Å². The Morgan fingerprint density at radius 3 is 2.39 bits per heavy atom. The molecule has 0 aliphatic carbocycles. The topological polar surface area (TPSA) is 111 Å². The number of aryl methyl sites for hydroxylation is 1. The average molecular weight is 477 g/mol. The minimum absolute atomic E-state index is 0.0653. The summed E-state index contributed by atoms with van der Waals surface area (Å²) in [5, 5.41) is 0. The molecular formula is C23H28N2O7S. The summed E-state index contributed by atoms with van der Waals surface area (Å²) < 4.78 is 43.1. The van der Waals surface area contributed by atoms with E-state index < -0.39 is 35.1 Å². The van der Waals surface area contributed by atoms with Crippen LogP contribution in [-0.2, 0) is 37.3 Å². The Morgan fingerprint density at radius 1 is 1.03 bits per heavy atom. The zero-order valence-electron chi connectivity index (χ0n) is 18.7. The lowest BCUT2D eigenvalue weighted by Crippen LogP contribution is -2.34. The van der Waals surface area contributed by atoms with Gasteiger partial charge in [0.1, 0.15) is 6.54 Å². The van der Waals surface area contributed by atoms with Crippen molar-refractivity contribution in [2.45, 2.75) is 31.2 Å². The normalized spacial score (nSPS) is 13.2. The number of amides is 1. The van der Waals surface area contributed by atoms with Gasteiger partial charge in [0.15, 0.2) is 18.1 Å². The van der Waals surface area contributed by atoms with Crippen LogP contribution < -0.4 is 14.2 Å². The summed E-state index contributed by atoms with van der Waals surface area (Å²) in [7, 11) is -2.38. The van der Waals surface area contributed by atoms with Gasteiger partial charge in [-0.2, -0.15) is 4.72 Å². The molecule has 2 aromatic rings. The molecule has 0 saturated heterocycles. The molecule has 178 valence electrons. The highest BCUT2D eigenvalue weighted by Gasteiger charge is 2.20. The molecule has 0 bridgehead atoms. The first kappa shape index (κ1) is 24.5. The predicted molar refractivity (Wildman–Crippen MR) is 120 cm³/mol. The smallest absolute Gasteiger partial charge is 0.321 e. The zero-order chi connectivity index (χ0) is 23.8. The summed E-state index contributed by atoms with van der Waals surface area (Å²) in [5.74, 6) is -0.457. The van der Waals surface area contributed by atoms with Crippen LogP contribution in [0.4, 0.5) is 0 Å². The fourth-order valence-corrected chi connectivity index (χ4v) is 4.08. The van der Waals surface area contributed by atoms with E-state index >= 15 is 0 Å². The third-order valence-electron chi connectivity index (χ3n) is 5.07. The minimum Gasteiger partial charge on any atom is -0.490 e. The summed E-state index contributed by atoms with van der Waals surface area (Å²) >= 11 is 0. The van der Waals surface area contributed by atoms with Crippen molar-refractivity contribution < 1.29 is 32.2 Å². The van der Waals surface area contributed by atoms with Crippen molar-refractivity contribution >= 4 is 21.9 Å². The summed E-state index contributed by atoms with van der Waals surface area (Å²) in [6.07, 6.45) is 1.63. The molecule has 1 aliphatic rings. The van der Waals surface area contributed by atoms with Crippen molar-refractivity contribution in [2.75, 3.05) is 33.4 Å². The second-order valence-corrected chi connectivity index (χ2v) is 9.33. The molecule has 1 amide bonds. The number of benzene rings is 2. The number of nitrogens with one attached hydrogen (secondary N) is 1. The maximum atomic E-state index is 12.5. The highest BCUT2D eigenvalue weighted by atomic mass is 32.2. The van der Waals surface area contributed by atoms with E-state index in [1.807, 2.05) is 24.3 Å². The number of rotatable bonds is 9. The molecule has 0 aromatic heterocycles. The molecule has 0 unspecified atom stereocenters. The zero-order valence-corrected chi connectivity index (χ0v) is 19.5. The molecule has 0 spiro atoms. The van der Waals surface area contributed by atoms with E-state index in [0.717, 1.165) is 12.0 Å². The number of hydrogen-bond donors (Lipinski definition) is 1. The molecule has 0 radical (unpaired) electrons. The lowest BCUT2D eigenvalue weighted by molar-refractivity contribution is -0.150. The molecule has 0 atom stereocenters. The number of sulfonamides is 1. The number of carbonyl (C=O) groups excluding carboxylic acids is 2. The van der Waals surface area contributed by atoms with E-state index in [9.17, 15) is 18.0 Å². The number of ether oxygens (including phenoxy) is 3. The summed E-state index contributed by atoms with van der Waals surface area (Å²) in [6.45, 7) is 2.26. The molecule has 33 heavy (non-hydrogen) atoms. The largest absolute Gasteiger partial charge is 0.490 e. The first-order valence-electron chi connectivity index (χ1n) is 10.6. The van der Waals surface area contributed by atoms with Crippen LogP contribution in [-0.4, -0.2) is 58.6 Å². The Bertz CT molecular complexity index is 1080. The van der Waals surface area contributed by atoms with Crippen molar-refractivity contribution in [1.29, 1.82) is 0 Å². The minimum atomic E-state index is -3.98. The SMILES string of the molecule is CCc1ccc(CN(C)C(=O)COC(=O)CNS(=O)(=O)c2ccc3c(c2)OCCCO3)cc1. The van der Waals surface area contributed by atoms with Gasteiger partial charge in [0.25, 0.3) is 5.91 Å². The number of likely N-dealkylation sites (N-methyl/N-ethyl adjacent to an activating group) is 1. The molecule has 1 N–H and O–H groups in total. The van der Waals surface area contributed by atoms with Crippen molar-refractivity contribution in [2.24, 2.45) is 0 Å². The van der Waals surface area contributed by atoms with E-state index in [-0.39, 0.29) is 4.90 Å². The van der Waals surface area contributed by atoms with Crippen LogP contribution in [0, 0.1) is 0 Å². The summed E-state index contributed by atoms with van der Waals surface area (Å²) in [4.78, 5) is 25.6. The van der Waals surface area contributed by atoms with Gasteiger partial charge in [-0.15, -0.1) is 0 Å². The van der Waals surface area contributed by atoms with Crippen molar-refractivity contribution in [1.82, 2.24) is 9.62 Å². The van der Waals surface area contributed by atoms with Gasteiger partial charge in [0, 0.05) is 26.1 Å². The number of fused-ring (bicyclic) bond motifs is 1. The Balaban J connectivity index is 1.47. The third kappa shape index (κ3) is 6.93.